The summed E-state index contributed by atoms with van der Waals surface area (Å²) in [6, 6.07) is 5.07. The van der Waals surface area contributed by atoms with Gasteiger partial charge in [0.05, 0.1) is 11.4 Å². The van der Waals surface area contributed by atoms with Gasteiger partial charge in [0.15, 0.2) is 0 Å². The summed E-state index contributed by atoms with van der Waals surface area (Å²) in [5.74, 6) is -0.970. The number of nitrogens with zero attached hydrogens (tertiary/aromatic N) is 4. The van der Waals surface area contributed by atoms with Gasteiger partial charge >= 0.3 is 0 Å². The molecule has 0 aliphatic heterocycles. The maximum absolute atomic E-state index is 13.4. The number of hydrogen-bond acceptors (Lipinski definition) is 4. The molecule has 0 amide bonds. The first-order valence-corrected chi connectivity index (χ1v) is 7.37. The third-order valence-corrected chi connectivity index (χ3v) is 3.64. The fraction of sp³-hybridized carbons (Fsp3) is 0.312. The van der Waals surface area contributed by atoms with Gasteiger partial charge in [0, 0.05) is 12.1 Å². The molecule has 1 atom stereocenters. The van der Waals surface area contributed by atoms with Crippen LogP contribution in [0.3, 0.4) is 0 Å². The van der Waals surface area contributed by atoms with Gasteiger partial charge in [0.25, 0.3) is 0 Å². The normalized spacial score (nSPS) is 12.8. The van der Waals surface area contributed by atoms with Crippen LogP contribution >= 0.6 is 0 Å². The average Bonchev–Trinajstić information content (AvgIpc) is 2.94. The summed E-state index contributed by atoms with van der Waals surface area (Å²) >= 11 is 0. The standard InChI is InChI=1S/C16H17F2N5/c1-9(2)14-7-15(16-21-19-8-23(16)22-14)20-10(3)11-4-12(17)6-13(18)5-11/h4-10,20H,1-3H3. The predicted molar refractivity (Wildman–Crippen MR) is 83.3 cm³/mol. The first-order valence-electron chi connectivity index (χ1n) is 7.37. The molecule has 3 rings (SSSR count). The van der Waals surface area contributed by atoms with E-state index in [0.29, 0.717) is 11.2 Å². The highest BCUT2D eigenvalue weighted by atomic mass is 19.1. The molecule has 23 heavy (non-hydrogen) atoms. The minimum Gasteiger partial charge on any atom is -0.375 e. The molecule has 0 spiro atoms. The molecule has 7 heteroatoms. The van der Waals surface area contributed by atoms with E-state index in [4.69, 9.17) is 0 Å². The van der Waals surface area contributed by atoms with Crippen LogP contribution in [0.4, 0.5) is 14.5 Å². The van der Waals surface area contributed by atoms with Gasteiger partial charge in [-0.05, 0) is 36.6 Å². The minimum absolute atomic E-state index is 0.226. The molecule has 0 radical (unpaired) electrons. The van der Waals surface area contributed by atoms with Crippen molar-refractivity contribution >= 4 is 11.3 Å². The van der Waals surface area contributed by atoms with Crippen LogP contribution in [0.15, 0.2) is 30.6 Å². The summed E-state index contributed by atoms with van der Waals surface area (Å²) in [5, 5.41) is 15.6. The second kappa shape index (κ2) is 5.91. The van der Waals surface area contributed by atoms with Crippen molar-refractivity contribution < 1.29 is 8.78 Å². The maximum Gasteiger partial charge on any atom is 0.200 e. The summed E-state index contributed by atoms with van der Waals surface area (Å²) in [5.41, 5.74) is 2.68. The van der Waals surface area contributed by atoms with E-state index in [-0.39, 0.29) is 12.0 Å². The van der Waals surface area contributed by atoms with Gasteiger partial charge in [0.2, 0.25) is 5.65 Å². The number of benzene rings is 1. The fourth-order valence-electron chi connectivity index (χ4n) is 2.38. The minimum atomic E-state index is -0.598. The maximum atomic E-state index is 13.4. The zero-order chi connectivity index (χ0) is 16.6. The fourth-order valence-corrected chi connectivity index (χ4v) is 2.38. The Kier molecular flexibility index (Phi) is 3.94. The number of nitrogens with one attached hydrogen (secondary N) is 1. The van der Waals surface area contributed by atoms with Crippen LogP contribution in [-0.2, 0) is 0 Å². The Balaban J connectivity index is 1.98. The number of hydrogen-bond donors (Lipinski definition) is 1. The first-order chi connectivity index (χ1) is 10.9. The Labute approximate surface area is 132 Å². The van der Waals surface area contributed by atoms with Gasteiger partial charge < -0.3 is 5.32 Å². The lowest BCUT2D eigenvalue weighted by molar-refractivity contribution is 0.577. The van der Waals surface area contributed by atoms with Gasteiger partial charge in [-0.15, -0.1) is 10.2 Å². The molecular weight excluding hydrogens is 300 g/mol. The summed E-state index contributed by atoms with van der Waals surface area (Å²) in [7, 11) is 0. The lowest BCUT2D eigenvalue weighted by Crippen LogP contribution is -2.11. The molecule has 0 saturated carbocycles. The van der Waals surface area contributed by atoms with Crippen molar-refractivity contribution in [2.24, 2.45) is 0 Å². The van der Waals surface area contributed by atoms with Gasteiger partial charge in [-0.2, -0.15) is 9.61 Å². The van der Waals surface area contributed by atoms with Gasteiger partial charge in [0.1, 0.15) is 18.0 Å². The van der Waals surface area contributed by atoms with Crippen LogP contribution in [0.5, 0.6) is 0 Å². The Hall–Kier alpha value is -2.57. The highest BCUT2D eigenvalue weighted by molar-refractivity contribution is 5.67. The lowest BCUT2D eigenvalue weighted by Gasteiger charge is -2.17. The van der Waals surface area contributed by atoms with Gasteiger partial charge in [-0.3, -0.25) is 0 Å². The third kappa shape index (κ3) is 3.13. The van der Waals surface area contributed by atoms with E-state index < -0.39 is 11.6 Å². The lowest BCUT2D eigenvalue weighted by atomic mass is 10.1. The van der Waals surface area contributed by atoms with E-state index in [0.717, 1.165) is 17.4 Å². The van der Waals surface area contributed by atoms with E-state index in [2.05, 4.69) is 20.6 Å². The van der Waals surface area contributed by atoms with Crippen LogP contribution in [0.2, 0.25) is 0 Å². The van der Waals surface area contributed by atoms with E-state index in [1.54, 1.807) is 4.52 Å². The average molecular weight is 317 g/mol. The summed E-state index contributed by atoms with van der Waals surface area (Å²) < 4.78 is 28.4. The zero-order valence-electron chi connectivity index (χ0n) is 13.1. The quantitative estimate of drug-likeness (QED) is 0.797. The van der Waals surface area contributed by atoms with Crippen molar-refractivity contribution in [2.75, 3.05) is 5.32 Å². The molecule has 120 valence electrons. The summed E-state index contributed by atoms with van der Waals surface area (Å²) in [6.45, 7) is 5.90. The molecule has 0 aliphatic carbocycles. The Morgan fingerprint density at radius 2 is 1.74 bits per heavy atom. The zero-order valence-corrected chi connectivity index (χ0v) is 13.1. The Morgan fingerprint density at radius 1 is 1.04 bits per heavy atom. The molecule has 5 nitrogen and oxygen atoms in total. The third-order valence-electron chi connectivity index (χ3n) is 3.64. The van der Waals surface area contributed by atoms with Crippen LogP contribution in [0.1, 0.15) is 44.0 Å². The molecule has 0 aliphatic rings. The van der Waals surface area contributed by atoms with E-state index in [1.807, 2.05) is 26.8 Å². The molecule has 1 unspecified atom stereocenters. The number of halogens is 2. The molecule has 3 aromatic rings. The van der Waals surface area contributed by atoms with Crippen LogP contribution in [0, 0.1) is 11.6 Å². The van der Waals surface area contributed by atoms with Crippen molar-refractivity contribution in [3.8, 4) is 0 Å². The Bertz CT molecular complexity index is 823. The van der Waals surface area contributed by atoms with Gasteiger partial charge in [-0.1, -0.05) is 13.8 Å². The monoisotopic (exact) mass is 317 g/mol. The van der Waals surface area contributed by atoms with E-state index in [1.165, 1.54) is 18.5 Å². The predicted octanol–water partition coefficient (Wildman–Crippen LogP) is 3.70. The first kappa shape index (κ1) is 15.3. The van der Waals surface area contributed by atoms with E-state index in [9.17, 15) is 8.78 Å². The van der Waals surface area contributed by atoms with Crippen molar-refractivity contribution in [1.82, 2.24) is 19.8 Å². The molecule has 1 N–H and O–H groups in total. The van der Waals surface area contributed by atoms with Crippen LogP contribution in [-0.4, -0.2) is 19.8 Å². The SMILES string of the molecule is CC(C)c1cc(NC(C)c2cc(F)cc(F)c2)c2nncn2n1. The van der Waals surface area contributed by atoms with E-state index >= 15 is 0 Å². The van der Waals surface area contributed by atoms with Crippen molar-refractivity contribution in [3.63, 3.8) is 0 Å². The molecule has 0 fully saturated rings. The van der Waals surface area contributed by atoms with Crippen molar-refractivity contribution in [1.29, 1.82) is 0 Å². The highest BCUT2D eigenvalue weighted by Crippen LogP contribution is 2.25. The smallest absolute Gasteiger partial charge is 0.200 e. The number of aromatic nitrogens is 4. The number of rotatable bonds is 4. The second-order valence-corrected chi connectivity index (χ2v) is 5.81. The highest BCUT2D eigenvalue weighted by Gasteiger charge is 2.14. The second-order valence-electron chi connectivity index (χ2n) is 5.81. The largest absolute Gasteiger partial charge is 0.375 e. The molecule has 2 aromatic heterocycles. The molecular formula is C16H17F2N5. The molecule has 2 heterocycles. The molecule has 0 saturated heterocycles. The van der Waals surface area contributed by atoms with Gasteiger partial charge in [-0.25, -0.2) is 8.78 Å². The topological polar surface area (TPSA) is 55.1 Å². The molecule has 1 aromatic carbocycles. The Morgan fingerprint density at radius 3 is 2.39 bits per heavy atom. The van der Waals surface area contributed by atoms with Crippen LogP contribution < -0.4 is 5.32 Å². The summed E-state index contributed by atoms with van der Waals surface area (Å²) in [6.07, 6.45) is 1.53. The van der Waals surface area contributed by atoms with Crippen molar-refractivity contribution in [3.05, 3.63) is 53.5 Å². The van der Waals surface area contributed by atoms with Crippen LogP contribution in [0.25, 0.3) is 5.65 Å². The number of anilines is 1. The molecule has 0 bridgehead atoms. The number of fused-ring (bicyclic) bond motifs is 1. The summed E-state index contributed by atoms with van der Waals surface area (Å²) in [4.78, 5) is 0. The van der Waals surface area contributed by atoms with Crippen molar-refractivity contribution in [2.45, 2.75) is 32.7 Å².